The van der Waals surface area contributed by atoms with Crippen LogP contribution in [0.25, 0.3) is 5.69 Å². The van der Waals surface area contributed by atoms with Gasteiger partial charge in [0.2, 0.25) is 15.9 Å². The molecule has 2 heterocycles. The van der Waals surface area contributed by atoms with Crippen LogP contribution in [0, 0.1) is 30.9 Å². The molecule has 1 aliphatic rings. The minimum atomic E-state index is -4.26. The van der Waals surface area contributed by atoms with Gasteiger partial charge in [0.25, 0.3) is 11.6 Å². The SMILES string of the molecule is Cc1cccc(-n2nc(C(=O)NC[C@H]3CCCO3)c(C)c2Oc2ccc([N+](=O)[O-])cc2S(=O)(=O)NC(C)(C)C)c1C. The number of benzene rings is 2. The summed E-state index contributed by atoms with van der Waals surface area (Å²) in [5, 5.41) is 19.0. The normalized spacial score (nSPS) is 15.6. The van der Waals surface area contributed by atoms with Crippen molar-refractivity contribution in [3.8, 4) is 17.3 Å². The Morgan fingerprint density at radius 2 is 1.93 bits per heavy atom. The molecule has 0 unspecified atom stereocenters. The van der Waals surface area contributed by atoms with Crippen LogP contribution in [0.3, 0.4) is 0 Å². The first-order chi connectivity index (χ1) is 19.2. The fraction of sp³-hybridized carbons (Fsp3) is 0.429. The van der Waals surface area contributed by atoms with Crippen LogP contribution in [0.5, 0.6) is 11.6 Å². The monoisotopic (exact) mass is 585 g/mol. The zero-order valence-electron chi connectivity index (χ0n) is 24.0. The summed E-state index contributed by atoms with van der Waals surface area (Å²) in [7, 11) is -4.26. The summed E-state index contributed by atoms with van der Waals surface area (Å²) >= 11 is 0. The molecule has 0 saturated carbocycles. The number of hydrogen-bond acceptors (Lipinski definition) is 8. The molecule has 0 radical (unpaired) electrons. The number of nitrogens with zero attached hydrogens (tertiary/aromatic N) is 3. The van der Waals surface area contributed by atoms with Gasteiger partial charge in [-0.15, -0.1) is 0 Å². The molecule has 2 N–H and O–H groups in total. The summed E-state index contributed by atoms with van der Waals surface area (Å²) in [6.45, 7) is 11.4. The standard InChI is InChI=1S/C28H35N5O7S/c1-17-9-7-11-22(18(17)2)32-27(19(3)25(30-32)26(34)29-16-21-10-8-14-39-21)40-23-13-12-20(33(35)36)15-24(23)41(37,38)31-28(4,5)6/h7,9,11-13,15,21,31H,8,10,14,16H2,1-6H3,(H,29,34)/t21-/m1/s1. The van der Waals surface area contributed by atoms with Gasteiger partial charge < -0.3 is 14.8 Å². The Hall–Kier alpha value is -3.81. The van der Waals surface area contributed by atoms with E-state index in [1.807, 2.05) is 32.0 Å². The number of amides is 1. The van der Waals surface area contributed by atoms with Crippen molar-refractivity contribution in [2.24, 2.45) is 0 Å². The lowest BCUT2D eigenvalue weighted by Gasteiger charge is -2.21. The highest BCUT2D eigenvalue weighted by Crippen LogP contribution is 2.36. The number of sulfonamides is 1. The van der Waals surface area contributed by atoms with E-state index in [1.165, 1.54) is 10.7 Å². The van der Waals surface area contributed by atoms with Crippen LogP contribution in [0.1, 0.15) is 60.8 Å². The fourth-order valence-corrected chi connectivity index (χ4v) is 6.07. The minimum Gasteiger partial charge on any atom is -0.437 e. The van der Waals surface area contributed by atoms with Crippen molar-refractivity contribution in [1.82, 2.24) is 19.8 Å². The second-order valence-electron chi connectivity index (χ2n) is 11.1. The Labute approximate surface area is 239 Å². The maximum atomic E-state index is 13.4. The third-order valence-electron chi connectivity index (χ3n) is 6.68. The largest absolute Gasteiger partial charge is 0.437 e. The number of nitro benzene ring substituents is 1. The zero-order chi connectivity index (χ0) is 30.1. The van der Waals surface area contributed by atoms with Crippen LogP contribution in [-0.2, 0) is 14.8 Å². The van der Waals surface area contributed by atoms with Crippen molar-refractivity contribution in [3.05, 3.63) is 68.9 Å². The average molecular weight is 586 g/mol. The van der Waals surface area contributed by atoms with E-state index in [1.54, 1.807) is 27.7 Å². The molecular weight excluding hydrogens is 550 g/mol. The number of carbonyl (C=O) groups excluding carboxylic acids is 1. The number of nitrogens with one attached hydrogen (secondary N) is 2. The van der Waals surface area contributed by atoms with Crippen molar-refractivity contribution < 1.29 is 27.6 Å². The van der Waals surface area contributed by atoms with Gasteiger partial charge in [-0.05, 0) is 77.6 Å². The first-order valence-corrected chi connectivity index (χ1v) is 14.7. The molecule has 0 bridgehead atoms. The summed E-state index contributed by atoms with van der Waals surface area (Å²) < 4.78 is 42.6. The first kappa shape index (κ1) is 30.2. The first-order valence-electron chi connectivity index (χ1n) is 13.2. The predicted molar refractivity (Wildman–Crippen MR) is 152 cm³/mol. The van der Waals surface area contributed by atoms with E-state index in [0.717, 1.165) is 36.1 Å². The average Bonchev–Trinajstić information content (AvgIpc) is 3.51. The lowest BCUT2D eigenvalue weighted by molar-refractivity contribution is -0.385. The van der Waals surface area contributed by atoms with E-state index < -0.39 is 37.0 Å². The maximum Gasteiger partial charge on any atom is 0.272 e. The van der Waals surface area contributed by atoms with Gasteiger partial charge in [-0.3, -0.25) is 14.9 Å². The van der Waals surface area contributed by atoms with Crippen molar-refractivity contribution in [2.45, 2.75) is 70.9 Å². The fourth-order valence-electron chi connectivity index (χ4n) is 4.51. The highest BCUT2D eigenvalue weighted by molar-refractivity contribution is 7.89. The van der Waals surface area contributed by atoms with Crippen molar-refractivity contribution in [3.63, 3.8) is 0 Å². The van der Waals surface area contributed by atoms with Crippen LogP contribution in [0.2, 0.25) is 0 Å². The van der Waals surface area contributed by atoms with E-state index in [0.29, 0.717) is 24.4 Å². The molecule has 0 aliphatic carbocycles. The number of non-ortho nitro benzene ring substituents is 1. The number of nitro groups is 1. The molecule has 220 valence electrons. The Morgan fingerprint density at radius 1 is 1.20 bits per heavy atom. The molecular formula is C28H35N5O7S. The third kappa shape index (κ3) is 6.75. The molecule has 1 aromatic heterocycles. The Kier molecular flexibility index (Phi) is 8.52. The topological polar surface area (TPSA) is 155 Å². The highest BCUT2D eigenvalue weighted by Gasteiger charge is 2.30. The summed E-state index contributed by atoms with van der Waals surface area (Å²) in [5.41, 5.74) is 1.64. The van der Waals surface area contributed by atoms with E-state index in [4.69, 9.17) is 9.47 Å². The van der Waals surface area contributed by atoms with E-state index in [2.05, 4.69) is 15.1 Å². The molecule has 4 rings (SSSR count). The van der Waals surface area contributed by atoms with Gasteiger partial charge in [0.1, 0.15) is 10.6 Å². The van der Waals surface area contributed by atoms with Crippen LogP contribution < -0.4 is 14.8 Å². The van der Waals surface area contributed by atoms with Gasteiger partial charge >= 0.3 is 0 Å². The predicted octanol–water partition coefficient (Wildman–Crippen LogP) is 4.48. The smallest absolute Gasteiger partial charge is 0.272 e. The number of carbonyl (C=O) groups is 1. The van der Waals surface area contributed by atoms with Gasteiger partial charge in [0.05, 0.1) is 16.7 Å². The van der Waals surface area contributed by atoms with E-state index in [9.17, 15) is 23.3 Å². The van der Waals surface area contributed by atoms with Gasteiger partial charge in [-0.2, -0.15) is 9.78 Å². The number of aryl methyl sites for hydroxylation is 1. The molecule has 1 aliphatic heterocycles. The molecule has 41 heavy (non-hydrogen) atoms. The molecule has 13 heteroatoms. The maximum absolute atomic E-state index is 13.4. The quantitative estimate of drug-likeness (QED) is 0.275. The molecule has 0 spiro atoms. The lowest BCUT2D eigenvalue weighted by Crippen LogP contribution is -2.40. The van der Waals surface area contributed by atoms with E-state index in [-0.39, 0.29) is 23.4 Å². The van der Waals surface area contributed by atoms with Crippen LogP contribution in [0.4, 0.5) is 5.69 Å². The van der Waals surface area contributed by atoms with Crippen LogP contribution in [-0.4, -0.2) is 53.8 Å². The molecule has 1 saturated heterocycles. The molecule has 12 nitrogen and oxygen atoms in total. The second-order valence-corrected chi connectivity index (χ2v) is 12.8. The highest BCUT2D eigenvalue weighted by atomic mass is 32.2. The Morgan fingerprint density at radius 3 is 2.56 bits per heavy atom. The van der Waals surface area contributed by atoms with E-state index >= 15 is 0 Å². The van der Waals surface area contributed by atoms with Crippen LogP contribution >= 0.6 is 0 Å². The van der Waals surface area contributed by atoms with Gasteiger partial charge in [-0.1, -0.05) is 12.1 Å². The van der Waals surface area contributed by atoms with Crippen LogP contribution in [0.15, 0.2) is 41.3 Å². The molecule has 1 atom stereocenters. The molecule has 2 aromatic carbocycles. The van der Waals surface area contributed by atoms with Crippen molar-refractivity contribution >= 4 is 21.6 Å². The number of ether oxygens (including phenoxy) is 2. The molecule has 3 aromatic rings. The summed E-state index contributed by atoms with van der Waals surface area (Å²) in [6, 6.07) is 8.92. The minimum absolute atomic E-state index is 0.0701. The van der Waals surface area contributed by atoms with Crippen molar-refractivity contribution in [2.75, 3.05) is 13.2 Å². The van der Waals surface area contributed by atoms with Gasteiger partial charge in [-0.25, -0.2) is 13.1 Å². The Bertz CT molecular complexity index is 1590. The molecule has 1 amide bonds. The summed E-state index contributed by atoms with van der Waals surface area (Å²) in [5.74, 6) is -0.493. The summed E-state index contributed by atoms with van der Waals surface area (Å²) in [6.07, 6.45) is 1.72. The number of aromatic nitrogens is 2. The van der Waals surface area contributed by atoms with Crippen molar-refractivity contribution in [1.29, 1.82) is 0 Å². The zero-order valence-corrected chi connectivity index (χ0v) is 24.8. The third-order valence-corrected chi connectivity index (χ3v) is 8.46. The lowest BCUT2D eigenvalue weighted by atomic mass is 10.1. The Balaban J connectivity index is 1.84. The van der Waals surface area contributed by atoms with Gasteiger partial charge in [0, 0.05) is 36.4 Å². The number of hydrogen-bond donors (Lipinski definition) is 2. The van der Waals surface area contributed by atoms with Gasteiger partial charge in [0.15, 0.2) is 5.69 Å². The number of rotatable bonds is 9. The summed E-state index contributed by atoms with van der Waals surface area (Å²) in [4.78, 5) is 23.7. The molecule has 1 fully saturated rings. The second kappa shape index (κ2) is 11.6.